The molecule has 0 aliphatic heterocycles. The van der Waals surface area contributed by atoms with Gasteiger partial charge in [0.2, 0.25) is 0 Å². The third-order valence-electron chi connectivity index (χ3n) is 2.05. The molecule has 0 aliphatic rings. The van der Waals surface area contributed by atoms with Crippen molar-refractivity contribution in [3.8, 4) is 0 Å². The van der Waals surface area contributed by atoms with Gasteiger partial charge in [-0.3, -0.25) is 0 Å². The van der Waals surface area contributed by atoms with Crippen LogP contribution in [-0.2, 0) is 0 Å². The normalized spacial score (nSPS) is 13.5. The van der Waals surface area contributed by atoms with Gasteiger partial charge >= 0.3 is 0 Å². The van der Waals surface area contributed by atoms with Crippen LogP contribution in [0.15, 0.2) is 30.5 Å². The molecule has 0 bridgehead atoms. The maximum Gasteiger partial charge on any atom is 0.0578 e. The van der Waals surface area contributed by atoms with E-state index >= 15 is 0 Å². The van der Waals surface area contributed by atoms with Crippen molar-refractivity contribution >= 4 is 22.5 Å². The molecule has 2 aromatic rings. The van der Waals surface area contributed by atoms with Gasteiger partial charge in [0.25, 0.3) is 0 Å². The van der Waals surface area contributed by atoms with Gasteiger partial charge in [0.15, 0.2) is 0 Å². The van der Waals surface area contributed by atoms with Crippen molar-refractivity contribution in [2.24, 2.45) is 0 Å². The van der Waals surface area contributed by atoms with Gasteiger partial charge in [-0.2, -0.15) is 0 Å². The summed E-state index contributed by atoms with van der Waals surface area (Å²) < 4.78 is 0. The fourth-order valence-corrected chi connectivity index (χ4v) is 1.60. The fraction of sp³-hybridized carbons (Fsp3) is 0.200. The predicted octanol–water partition coefficient (Wildman–Crippen LogP) is 3.47. The number of hydrogen-bond acceptors (Lipinski definition) is 0. The highest BCUT2D eigenvalue weighted by Gasteiger charge is 2.06. The van der Waals surface area contributed by atoms with Crippen molar-refractivity contribution in [1.29, 1.82) is 0 Å². The highest BCUT2D eigenvalue weighted by molar-refractivity contribution is 6.21. The lowest BCUT2D eigenvalue weighted by molar-refractivity contribution is 1.10. The Morgan fingerprint density at radius 1 is 1.33 bits per heavy atom. The molecule has 2 rings (SSSR count). The van der Waals surface area contributed by atoms with Crippen LogP contribution in [0.5, 0.6) is 0 Å². The van der Waals surface area contributed by atoms with Gasteiger partial charge in [0, 0.05) is 17.1 Å². The highest BCUT2D eigenvalue weighted by atomic mass is 35.5. The molecule has 0 fully saturated rings. The molecule has 0 amide bonds. The summed E-state index contributed by atoms with van der Waals surface area (Å²) in [4.78, 5) is 3.19. The zero-order chi connectivity index (χ0) is 8.55. The lowest BCUT2D eigenvalue weighted by atomic mass is 10.1. The van der Waals surface area contributed by atoms with E-state index in [0.29, 0.717) is 0 Å². The summed E-state index contributed by atoms with van der Waals surface area (Å²) in [6, 6.07) is 8.18. The average Bonchev–Trinajstić information content (AvgIpc) is 2.47. The van der Waals surface area contributed by atoms with Crippen LogP contribution in [0.25, 0.3) is 10.9 Å². The monoisotopic (exact) mass is 179 g/mol. The summed E-state index contributed by atoms with van der Waals surface area (Å²) in [6.45, 7) is 1.98. The van der Waals surface area contributed by atoms with Gasteiger partial charge in [0.1, 0.15) is 0 Å². The molecule has 0 aliphatic carbocycles. The number of fused-ring (bicyclic) bond motifs is 1. The first-order valence-corrected chi connectivity index (χ1v) is 4.43. The molecule has 0 saturated heterocycles. The van der Waals surface area contributed by atoms with Gasteiger partial charge in [0.05, 0.1) is 5.38 Å². The number of halogens is 1. The molecule has 12 heavy (non-hydrogen) atoms. The Bertz CT molecular complexity index is 389. The lowest BCUT2D eigenvalue weighted by Crippen LogP contribution is -1.79. The predicted molar refractivity (Wildman–Crippen MR) is 52.6 cm³/mol. The Labute approximate surface area is 76.4 Å². The molecular formula is C10H10ClN. The van der Waals surface area contributed by atoms with Gasteiger partial charge < -0.3 is 4.98 Å². The second-order valence-corrected chi connectivity index (χ2v) is 3.56. The SMILES string of the molecule is CC(Cl)c1c[nH]c2ccccc12. The molecule has 1 aromatic carbocycles. The quantitative estimate of drug-likeness (QED) is 0.646. The van der Waals surface area contributed by atoms with Crippen LogP contribution in [-0.4, -0.2) is 4.98 Å². The molecule has 62 valence electrons. The first kappa shape index (κ1) is 7.69. The Morgan fingerprint density at radius 2 is 2.08 bits per heavy atom. The zero-order valence-electron chi connectivity index (χ0n) is 6.84. The van der Waals surface area contributed by atoms with Crippen LogP contribution in [0.3, 0.4) is 0 Å². The Balaban J connectivity index is 2.70. The van der Waals surface area contributed by atoms with E-state index in [4.69, 9.17) is 11.6 Å². The largest absolute Gasteiger partial charge is 0.361 e. The number of hydrogen-bond donors (Lipinski definition) is 1. The summed E-state index contributed by atoms with van der Waals surface area (Å²) in [7, 11) is 0. The summed E-state index contributed by atoms with van der Waals surface area (Å²) >= 11 is 6.00. The van der Waals surface area contributed by atoms with Crippen molar-refractivity contribution in [3.05, 3.63) is 36.0 Å². The number of rotatable bonds is 1. The van der Waals surface area contributed by atoms with Gasteiger partial charge in [-0.05, 0) is 18.6 Å². The molecule has 0 saturated carbocycles. The van der Waals surface area contributed by atoms with Crippen molar-refractivity contribution < 1.29 is 0 Å². The van der Waals surface area contributed by atoms with E-state index < -0.39 is 0 Å². The Morgan fingerprint density at radius 3 is 2.83 bits per heavy atom. The van der Waals surface area contributed by atoms with Crippen LogP contribution in [0.2, 0.25) is 0 Å². The first-order valence-electron chi connectivity index (χ1n) is 3.99. The maximum absolute atomic E-state index is 6.00. The third kappa shape index (κ3) is 1.10. The molecule has 1 nitrogen and oxygen atoms in total. The second-order valence-electron chi connectivity index (χ2n) is 2.91. The smallest absolute Gasteiger partial charge is 0.0578 e. The molecule has 2 heteroatoms. The minimum absolute atomic E-state index is 0.0705. The molecular weight excluding hydrogens is 170 g/mol. The molecule has 1 aromatic heterocycles. The summed E-state index contributed by atoms with van der Waals surface area (Å²) in [5.41, 5.74) is 2.33. The number of aromatic nitrogens is 1. The minimum atomic E-state index is 0.0705. The summed E-state index contributed by atoms with van der Waals surface area (Å²) in [5.74, 6) is 0. The fourth-order valence-electron chi connectivity index (χ4n) is 1.42. The average molecular weight is 180 g/mol. The van der Waals surface area contributed by atoms with Crippen molar-refractivity contribution in [3.63, 3.8) is 0 Å². The molecule has 1 atom stereocenters. The lowest BCUT2D eigenvalue weighted by Gasteiger charge is -1.98. The molecule has 0 radical (unpaired) electrons. The molecule has 1 N–H and O–H groups in total. The Kier molecular flexibility index (Phi) is 1.81. The van der Waals surface area contributed by atoms with E-state index in [1.807, 2.05) is 25.3 Å². The van der Waals surface area contributed by atoms with E-state index in [1.165, 1.54) is 10.9 Å². The van der Waals surface area contributed by atoms with Crippen molar-refractivity contribution in [2.45, 2.75) is 12.3 Å². The van der Waals surface area contributed by atoms with Crippen LogP contribution >= 0.6 is 11.6 Å². The minimum Gasteiger partial charge on any atom is -0.361 e. The zero-order valence-corrected chi connectivity index (χ0v) is 7.60. The third-order valence-corrected chi connectivity index (χ3v) is 2.28. The van der Waals surface area contributed by atoms with Crippen LogP contribution in [0.4, 0.5) is 0 Å². The molecule has 1 heterocycles. The van der Waals surface area contributed by atoms with E-state index in [1.54, 1.807) is 0 Å². The summed E-state index contributed by atoms with van der Waals surface area (Å²) in [5, 5.41) is 1.29. The molecule has 0 spiro atoms. The van der Waals surface area contributed by atoms with E-state index in [-0.39, 0.29) is 5.38 Å². The van der Waals surface area contributed by atoms with Crippen LogP contribution in [0.1, 0.15) is 17.9 Å². The van der Waals surface area contributed by atoms with Crippen LogP contribution < -0.4 is 0 Å². The number of H-pyrrole nitrogens is 1. The number of para-hydroxylation sites is 1. The van der Waals surface area contributed by atoms with Gasteiger partial charge in [-0.15, -0.1) is 11.6 Å². The van der Waals surface area contributed by atoms with Crippen molar-refractivity contribution in [2.75, 3.05) is 0 Å². The number of alkyl halides is 1. The van der Waals surface area contributed by atoms with Crippen LogP contribution in [0, 0.1) is 0 Å². The standard InChI is InChI=1S/C10H10ClN/c1-7(11)9-6-12-10-5-3-2-4-8(9)10/h2-7,12H,1H3. The molecule has 1 unspecified atom stereocenters. The first-order chi connectivity index (χ1) is 5.79. The number of nitrogens with one attached hydrogen (secondary N) is 1. The van der Waals surface area contributed by atoms with E-state index in [0.717, 1.165) is 5.52 Å². The highest BCUT2D eigenvalue weighted by Crippen LogP contribution is 2.27. The van der Waals surface area contributed by atoms with E-state index in [9.17, 15) is 0 Å². The van der Waals surface area contributed by atoms with Crippen molar-refractivity contribution in [1.82, 2.24) is 4.98 Å². The van der Waals surface area contributed by atoms with E-state index in [2.05, 4.69) is 17.1 Å². The summed E-state index contributed by atoms with van der Waals surface area (Å²) in [6.07, 6.45) is 1.97. The van der Waals surface area contributed by atoms with Gasteiger partial charge in [-0.1, -0.05) is 18.2 Å². The Hall–Kier alpha value is -0.950. The second kappa shape index (κ2) is 2.83. The maximum atomic E-state index is 6.00. The number of aromatic amines is 1. The topological polar surface area (TPSA) is 15.8 Å². The van der Waals surface area contributed by atoms with Gasteiger partial charge in [-0.25, -0.2) is 0 Å². The number of benzene rings is 1.